The number of carbonyl (C=O) groups excluding carboxylic acids is 3. The SMILES string of the molecule is O=C(ON1C(=O)c2ccccc2C1=O)[C@@H]1OC[C@@H]2CCC[C@@H]21. The van der Waals surface area contributed by atoms with Crippen LogP contribution in [0.25, 0.3) is 0 Å². The van der Waals surface area contributed by atoms with Crippen molar-refractivity contribution in [3.63, 3.8) is 0 Å². The van der Waals surface area contributed by atoms with Gasteiger partial charge in [-0.15, -0.1) is 0 Å². The molecule has 114 valence electrons. The lowest BCUT2D eigenvalue weighted by molar-refractivity contribution is -0.181. The summed E-state index contributed by atoms with van der Waals surface area (Å²) in [6.45, 7) is 0.548. The van der Waals surface area contributed by atoms with E-state index in [9.17, 15) is 14.4 Å². The van der Waals surface area contributed by atoms with Gasteiger partial charge in [-0.3, -0.25) is 9.59 Å². The number of benzene rings is 1. The Hall–Kier alpha value is -2.21. The van der Waals surface area contributed by atoms with Crippen molar-refractivity contribution in [2.45, 2.75) is 25.4 Å². The van der Waals surface area contributed by atoms with Crippen LogP contribution in [0.2, 0.25) is 0 Å². The van der Waals surface area contributed by atoms with Crippen LogP contribution in [0.15, 0.2) is 24.3 Å². The summed E-state index contributed by atoms with van der Waals surface area (Å²) in [5.74, 6) is -1.32. The van der Waals surface area contributed by atoms with E-state index in [1.165, 1.54) is 0 Å². The van der Waals surface area contributed by atoms with Crippen LogP contribution in [0.5, 0.6) is 0 Å². The Morgan fingerprint density at radius 3 is 2.50 bits per heavy atom. The van der Waals surface area contributed by atoms with Crippen LogP contribution in [0.4, 0.5) is 0 Å². The molecule has 3 atom stereocenters. The zero-order valence-corrected chi connectivity index (χ0v) is 11.9. The molecule has 1 aromatic carbocycles. The first kappa shape index (κ1) is 13.5. The molecule has 4 rings (SSSR count). The van der Waals surface area contributed by atoms with Crippen LogP contribution in [-0.2, 0) is 14.4 Å². The van der Waals surface area contributed by atoms with E-state index >= 15 is 0 Å². The molecule has 1 saturated heterocycles. The number of carbonyl (C=O) groups is 3. The molecule has 0 radical (unpaired) electrons. The zero-order chi connectivity index (χ0) is 15.3. The predicted molar refractivity (Wildman–Crippen MR) is 73.6 cm³/mol. The molecule has 6 heteroatoms. The molecule has 22 heavy (non-hydrogen) atoms. The fourth-order valence-electron chi connectivity index (χ4n) is 3.66. The highest BCUT2D eigenvalue weighted by molar-refractivity contribution is 6.20. The number of ether oxygens (including phenoxy) is 1. The third-order valence-corrected chi connectivity index (χ3v) is 4.77. The lowest BCUT2D eigenvalue weighted by atomic mass is 9.94. The normalized spacial score (nSPS) is 29.6. The van der Waals surface area contributed by atoms with Gasteiger partial charge in [0.15, 0.2) is 6.10 Å². The van der Waals surface area contributed by atoms with E-state index < -0.39 is 23.9 Å². The maximum atomic E-state index is 12.3. The summed E-state index contributed by atoms with van der Waals surface area (Å²) in [5, 5.41) is 0.554. The largest absolute Gasteiger partial charge is 0.366 e. The summed E-state index contributed by atoms with van der Waals surface area (Å²) in [5.41, 5.74) is 0.512. The van der Waals surface area contributed by atoms with Gasteiger partial charge in [0.2, 0.25) is 0 Å². The van der Waals surface area contributed by atoms with Gasteiger partial charge in [-0.05, 0) is 30.9 Å². The number of amides is 2. The van der Waals surface area contributed by atoms with Gasteiger partial charge in [-0.25, -0.2) is 4.79 Å². The Morgan fingerprint density at radius 2 is 1.82 bits per heavy atom. The molecule has 0 unspecified atom stereocenters. The summed E-state index contributed by atoms with van der Waals surface area (Å²) >= 11 is 0. The van der Waals surface area contributed by atoms with E-state index in [2.05, 4.69) is 0 Å². The summed E-state index contributed by atoms with van der Waals surface area (Å²) < 4.78 is 5.52. The van der Waals surface area contributed by atoms with Crippen LogP contribution < -0.4 is 0 Å². The average Bonchev–Trinajstić information content (AvgIpc) is 3.18. The molecule has 0 aromatic heterocycles. The highest BCUT2D eigenvalue weighted by atomic mass is 16.7. The van der Waals surface area contributed by atoms with Crippen LogP contribution in [0.1, 0.15) is 40.0 Å². The van der Waals surface area contributed by atoms with E-state index in [1.807, 2.05) is 0 Å². The minimum atomic E-state index is -0.670. The van der Waals surface area contributed by atoms with Gasteiger partial charge in [-0.1, -0.05) is 23.6 Å². The lowest BCUT2D eigenvalue weighted by Crippen LogP contribution is -2.38. The first-order valence-electron chi connectivity index (χ1n) is 7.48. The quantitative estimate of drug-likeness (QED) is 0.775. The fraction of sp³-hybridized carbons (Fsp3) is 0.438. The van der Waals surface area contributed by atoms with Crippen LogP contribution in [-0.4, -0.2) is 35.6 Å². The van der Waals surface area contributed by atoms with Crippen molar-refractivity contribution in [3.8, 4) is 0 Å². The Kier molecular flexibility index (Phi) is 3.00. The van der Waals surface area contributed by atoms with Crippen molar-refractivity contribution in [2.75, 3.05) is 6.61 Å². The number of hydrogen-bond donors (Lipinski definition) is 0. The van der Waals surface area contributed by atoms with E-state index in [4.69, 9.17) is 9.57 Å². The van der Waals surface area contributed by atoms with Crippen molar-refractivity contribution >= 4 is 17.8 Å². The Balaban J connectivity index is 1.51. The van der Waals surface area contributed by atoms with Gasteiger partial charge >= 0.3 is 5.97 Å². The predicted octanol–water partition coefficient (Wildman–Crippen LogP) is 1.56. The van der Waals surface area contributed by atoms with Gasteiger partial charge in [0.1, 0.15) is 0 Å². The molecule has 1 saturated carbocycles. The number of hydroxylamine groups is 2. The molecule has 2 amide bonds. The second kappa shape index (κ2) is 4.91. The smallest absolute Gasteiger partial charge is 0.361 e. The minimum Gasteiger partial charge on any atom is -0.366 e. The highest BCUT2D eigenvalue weighted by Crippen LogP contribution is 2.41. The second-order valence-corrected chi connectivity index (χ2v) is 5.97. The van der Waals surface area contributed by atoms with Crippen LogP contribution in [0, 0.1) is 11.8 Å². The standard InChI is InChI=1S/C16H15NO5/c18-14-11-5-1-2-6-12(11)15(19)17(14)22-16(20)13-10-7-3-4-9(10)8-21-13/h1-2,5-6,9-10,13H,3-4,7-8H2/t9-,10-,13+/m0/s1. The summed E-state index contributed by atoms with van der Waals surface area (Å²) in [6, 6.07) is 6.42. The average molecular weight is 301 g/mol. The molecule has 2 fully saturated rings. The van der Waals surface area contributed by atoms with Crippen molar-refractivity contribution in [1.82, 2.24) is 5.06 Å². The minimum absolute atomic E-state index is 0.141. The highest BCUT2D eigenvalue weighted by Gasteiger charge is 2.47. The molecule has 0 spiro atoms. The number of imide groups is 1. The van der Waals surface area contributed by atoms with Gasteiger partial charge in [0.25, 0.3) is 11.8 Å². The second-order valence-electron chi connectivity index (χ2n) is 5.97. The van der Waals surface area contributed by atoms with Gasteiger partial charge in [0, 0.05) is 5.92 Å². The lowest BCUT2D eigenvalue weighted by Gasteiger charge is -2.18. The molecule has 2 aliphatic heterocycles. The number of fused-ring (bicyclic) bond motifs is 2. The van der Waals surface area contributed by atoms with Crippen molar-refractivity contribution in [2.24, 2.45) is 11.8 Å². The third-order valence-electron chi connectivity index (χ3n) is 4.77. The maximum absolute atomic E-state index is 12.3. The maximum Gasteiger partial charge on any atom is 0.361 e. The molecule has 3 aliphatic rings. The first-order chi connectivity index (χ1) is 10.7. The molecule has 6 nitrogen and oxygen atoms in total. The van der Waals surface area contributed by atoms with Gasteiger partial charge in [0.05, 0.1) is 17.7 Å². The molecule has 1 aromatic rings. The first-order valence-corrected chi connectivity index (χ1v) is 7.48. The van der Waals surface area contributed by atoms with Crippen molar-refractivity contribution in [3.05, 3.63) is 35.4 Å². The molecule has 0 N–H and O–H groups in total. The van der Waals surface area contributed by atoms with E-state index in [0.29, 0.717) is 17.6 Å². The number of nitrogens with zero attached hydrogens (tertiary/aromatic N) is 1. The van der Waals surface area contributed by atoms with Gasteiger partial charge < -0.3 is 9.57 Å². The molecule has 2 heterocycles. The van der Waals surface area contributed by atoms with Crippen molar-refractivity contribution < 1.29 is 24.0 Å². The third kappa shape index (κ3) is 1.87. The summed E-state index contributed by atoms with van der Waals surface area (Å²) in [7, 11) is 0. The molecule has 0 bridgehead atoms. The van der Waals surface area contributed by atoms with E-state index in [0.717, 1.165) is 19.3 Å². The molecule has 1 aliphatic carbocycles. The molecular weight excluding hydrogens is 286 g/mol. The summed E-state index contributed by atoms with van der Waals surface area (Å²) in [6.07, 6.45) is 2.39. The Bertz CT molecular complexity index is 635. The van der Waals surface area contributed by atoms with Crippen LogP contribution >= 0.6 is 0 Å². The number of hydrogen-bond acceptors (Lipinski definition) is 5. The topological polar surface area (TPSA) is 72.9 Å². The van der Waals surface area contributed by atoms with E-state index in [1.54, 1.807) is 24.3 Å². The van der Waals surface area contributed by atoms with Crippen molar-refractivity contribution in [1.29, 1.82) is 0 Å². The van der Waals surface area contributed by atoms with E-state index in [-0.39, 0.29) is 17.0 Å². The zero-order valence-electron chi connectivity index (χ0n) is 11.9. The Morgan fingerprint density at radius 1 is 1.14 bits per heavy atom. The number of rotatable bonds is 2. The van der Waals surface area contributed by atoms with Crippen LogP contribution in [0.3, 0.4) is 0 Å². The monoisotopic (exact) mass is 301 g/mol. The fourth-order valence-corrected chi connectivity index (χ4v) is 3.66. The molecular formula is C16H15NO5. The van der Waals surface area contributed by atoms with Gasteiger partial charge in [-0.2, -0.15) is 0 Å². The Labute approximate surface area is 126 Å². The summed E-state index contributed by atoms with van der Waals surface area (Å²) in [4.78, 5) is 41.7.